The number of hydrogen-bond acceptors (Lipinski definition) is 12. The van der Waals surface area contributed by atoms with Crippen LogP contribution < -0.4 is 22.5 Å². The Morgan fingerprint density at radius 2 is 1.95 bits per heavy atom. The standard InChI is InChI=1S/C9H25N5O7P/c1-4(13-9(11)12)14(3-10)8-6(16)7(5(2-15)20-8)21-22(17,18)19/h4-9,13,15-19H,2-3,10-12H2,1H3/q+1. The molecular formula is C9H25N5O7P+. The van der Waals surface area contributed by atoms with Crippen molar-refractivity contribution in [3.63, 3.8) is 0 Å². The van der Waals surface area contributed by atoms with Crippen molar-refractivity contribution in [2.24, 2.45) is 17.2 Å². The molecule has 13 heteroatoms. The van der Waals surface area contributed by atoms with Crippen LogP contribution in [0.3, 0.4) is 0 Å². The Morgan fingerprint density at radius 3 is 2.36 bits per heavy atom. The number of aliphatic hydroxyl groups is 2. The molecule has 0 aliphatic carbocycles. The highest BCUT2D eigenvalue weighted by Crippen LogP contribution is 2.49. The SMILES string of the molecule is CC(NC(N)N)N(CN)C1OC(CO)C(O[P+](O)(O)O)C1O. The van der Waals surface area contributed by atoms with Crippen LogP contribution in [-0.4, -0.2) is 80.1 Å². The van der Waals surface area contributed by atoms with E-state index in [4.69, 9.17) is 36.6 Å². The van der Waals surface area contributed by atoms with Gasteiger partial charge in [0.15, 0.2) is 6.10 Å². The summed E-state index contributed by atoms with van der Waals surface area (Å²) in [5.74, 6) is 0. The van der Waals surface area contributed by atoms with Crippen LogP contribution >= 0.6 is 8.17 Å². The molecule has 1 saturated heterocycles. The zero-order valence-corrected chi connectivity index (χ0v) is 13.0. The highest BCUT2D eigenvalue weighted by molar-refractivity contribution is 7.53. The van der Waals surface area contributed by atoms with Crippen molar-refractivity contribution in [2.45, 2.75) is 43.9 Å². The van der Waals surface area contributed by atoms with E-state index in [9.17, 15) is 10.2 Å². The lowest BCUT2D eigenvalue weighted by Crippen LogP contribution is -2.60. The molecule has 0 spiro atoms. The highest BCUT2D eigenvalue weighted by atomic mass is 31.2. The first-order valence-corrected chi connectivity index (χ1v) is 8.10. The second-order valence-corrected chi connectivity index (χ2v) is 6.12. The minimum Gasteiger partial charge on any atom is -0.394 e. The van der Waals surface area contributed by atoms with Crippen LogP contribution in [0, 0.1) is 0 Å². The summed E-state index contributed by atoms with van der Waals surface area (Å²) in [4.78, 5) is 28.4. The van der Waals surface area contributed by atoms with E-state index in [-0.39, 0.29) is 6.67 Å². The number of nitrogens with one attached hydrogen (secondary N) is 1. The molecule has 1 fully saturated rings. The predicted octanol–water partition coefficient (Wildman–Crippen LogP) is -4.54. The van der Waals surface area contributed by atoms with Gasteiger partial charge in [-0.05, 0) is 6.92 Å². The van der Waals surface area contributed by atoms with Gasteiger partial charge in [-0.3, -0.25) is 5.32 Å². The Hall–Kier alpha value is -0.0500. The number of aliphatic hydroxyl groups excluding tert-OH is 2. The zero-order chi connectivity index (χ0) is 17.1. The Bertz CT molecular complexity index is 347. The molecule has 22 heavy (non-hydrogen) atoms. The van der Waals surface area contributed by atoms with Gasteiger partial charge in [-0.15, -0.1) is 4.52 Å². The largest absolute Gasteiger partial charge is 0.567 e. The first-order chi connectivity index (χ1) is 10.1. The summed E-state index contributed by atoms with van der Waals surface area (Å²) in [6, 6.07) is 0. The van der Waals surface area contributed by atoms with Gasteiger partial charge in [0, 0.05) is 6.67 Å². The molecule has 0 radical (unpaired) electrons. The minimum absolute atomic E-state index is 0.0643. The third kappa shape index (κ3) is 5.25. The predicted molar refractivity (Wildman–Crippen MR) is 75.9 cm³/mol. The first-order valence-electron chi connectivity index (χ1n) is 6.53. The fraction of sp³-hybridized carbons (Fsp3) is 1.00. The molecule has 0 saturated carbocycles. The van der Waals surface area contributed by atoms with Crippen LogP contribution in [-0.2, 0) is 9.26 Å². The zero-order valence-electron chi connectivity index (χ0n) is 12.1. The number of hydrogen-bond donors (Lipinski definition) is 9. The normalized spacial score (nSPS) is 31.2. The molecule has 5 atom stereocenters. The Balaban J connectivity index is 2.86. The van der Waals surface area contributed by atoms with Crippen LogP contribution in [0.2, 0.25) is 0 Å². The lowest BCUT2D eigenvalue weighted by molar-refractivity contribution is -0.115. The molecule has 0 aromatic rings. The van der Waals surface area contributed by atoms with Crippen molar-refractivity contribution in [2.75, 3.05) is 13.3 Å². The third-order valence-electron chi connectivity index (χ3n) is 3.22. The van der Waals surface area contributed by atoms with E-state index in [1.807, 2.05) is 0 Å². The molecule has 0 aromatic heterocycles. The molecule has 1 aliphatic heterocycles. The van der Waals surface area contributed by atoms with Gasteiger partial charge in [-0.2, -0.15) is 14.7 Å². The summed E-state index contributed by atoms with van der Waals surface area (Å²) < 4.78 is 10.0. The second kappa shape index (κ2) is 8.17. The van der Waals surface area contributed by atoms with E-state index in [2.05, 4.69) is 9.84 Å². The van der Waals surface area contributed by atoms with Gasteiger partial charge >= 0.3 is 8.17 Å². The summed E-state index contributed by atoms with van der Waals surface area (Å²) >= 11 is 0. The summed E-state index contributed by atoms with van der Waals surface area (Å²) in [5.41, 5.74) is 16.5. The molecule has 1 rings (SSSR count). The Kier molecular flexibility index (Phi) is 7.42. The molecular weight excluding hydrogens is 321 g/mol. The summed E-state index contributed by atoms with van der Waals surface area (Å²) in [7, 11) is -4.62. The second-order valence-electron chi connectivity index (χ2n) is 4.89. The van der Waals surface area contributed by atoms with E-state index in [1.165, 1.54) is 4.90 Å². The van der Waals surface area contributed by atoms with Crippen LogP contribution in [0.25, 0.3) is 0 Å². The maximum absolute atomic E-state index is 10.2. The lowest BCUT2D eigenvalue weighted by atomic mass is 10.1. The van der Waals surface area contributed by atoms with Crippen molar-refractivity contribution in [3.8, 4) is 0 Å². The van der Waals surface area contributed by atoms with Crippen molar-refractivity contribution < 1.29 is 34.2 Å². The number of ether oxygens (including phenoxy) is 1. The number of nitrogens with two attached hydrogens (primary N) is 3. The van der Waals surface area contributed by atoms with Crippen molar-refractivity contribution in [3.05, 3.63) is 0 Å². The van der Waals surface area contributed by atoms with Gasteiger partial charge in [0.25, 0.3) is 0 Å². The topological polar surface area (TPSA) is 213 Å². The molecule has 12 N–H and O–H groups in total. The van der Waals surface area contributed by atoms with Crippen molar-refractivity contribution in [1.29, 1.82) is 0 Å². The van der Waals surface area contributed by atoms with Crippen LogP contribution in [0.5, 0.6) is 0 Å². The fourth-order valence-electron chi connectivity index (χ4n) is 2.29. The van der Waals surface area contributed by atoms with E-state index >= 15 is 0 Å². The minimum atomic E-state index is -4.62. The fourth-order valence-corrected chi connectivity index (χ4v) is 2.88. The summed E-state index contributed by atoms with van der Waals surface area (Å²) in [6.07, 6.45) is -6.23. The van der Waals surface area contributed by atoms with E-state index in [0.717, 1.165) is 0 Å². The lowest BCUT2D eigenvalue weighted by Gasteiger charge is -2.35. The van der Waals surface area contributed by atoms with E-state index in [0.29, 0.717) is 0 Å². The van der Waals surface area contributed by atoms with Gasteiger partial charge in [0.1, 0.15) is 24.7 Å². The average molecular weight is 346 g/mol. The van der Waals surface area contributed by atoms with Gasteiger partial charge in [0.05, 0.1) is 12.8 Å². The van der Waals surface area contributed by atoms with Crippen LogP contribution in [0.15, 0.2) is 0 Å². The Morgan fingerprint density at radius 1 is 1.36 bits per heavy atom. The third-order valence-corrected chi connectivity index (χ3v) is 3.75. The monoisotopic (exact) mass is 346 g/mol. The maximum atomic E-state index is 10.2. The summed E-state index contributed by atoms with van der Waals surface area (Å²) in [6.45, 7) is 1.03. The van der Waals surface area contributed by atoms with Gasteiger partial charge < -0.3 is 32.2 Å². The number of rotatable bonds is 8. The van der Waals surface area contributed by atoms with E-state index < -0.39 is 51.8 Å². The molecule has 5 unspecified atom stereocenters. The summed E-state index contributed by atoms with van der Waals surface area (Å²) in [5, 5.41) is 22.2. The molecule has 1 heterocycles. The molecule has 0 amide bonds. The average Bonchev–Trinajstić information content (AvgIpc) is 2.66. The molecule has 132 valence electrons. The maximum Gasteiger partial charge on any atom is 0.567 e. The first kappa shape index (κ1) is 20.0. The van der Waals surface area contributed by atoms with Gasteiger partial charge in [-0.25, -0.2) is 4.90 Å². The molecule has 0 aromatic carbocycles. The molecule has 0 bridgehead atoms. The smallest absolute Gasteiger partial charge is 0.394 e. The number of nitrogens with zero attached hydrogens (tertiary/aromatic N) is 1. The van der Waals surface area contributed by atoms with Crippen molar-refractivity contribution in [1.82, 2.24) is 10.2 Å². The molecule has 12 nitrogen and oxygen atoms in total. The van der Waals surface area contributed by atoms with Crippen LogP contribution in [0.1, 0.15) is 6.92 Å². The molecule has 1 aliphatic rings. The van der Waals surface area contributed by atoms with Gasteiger partial charge in [-0.1, -0.05) is 0 Å². The quantitative estimate of drug-likeness (QED) is 0.150. The van der Waals surface area contributed by atoms with Gasteiger partial charge in [0.2, 0.25) is 0 Å². The van der Waals surface area contributed by atoms with Crippen molar-refractivity contribution >= 4 is 8.17 Å². The van der Waals surface area contributed by atoms with E-state index in [1.54, 1.807) is 6.92 Å². The van der Waals surface area contributed by atoms with Crippen LogP contribution in [0.4, 0.5) is 0 Å². The Labute approximate surface area is 128 Å². The highest BCUT2D eigenvalue weighted by Gasteiger charge is 2.54.